The minimum Gasteiger partial charge on any atom is -0.481 e. The van der Waals surface area contributed by atoms with E-state index in [1.54, 1.807) is 0 Å². The van der Waals surface area contributed by atoms with Crippen molar-refractivity contribution in [1.29, 1.82) is 0 Å². The predicted octanol–water partition coefficient (Wildman–Crippen LogP) is -2.40. The molecule has 0 spiro atoms. The van der Waals surface area contributed by atoms with Crippen molar-refractivity contribution in [2.45, 2.75) is 37.8 Å². The predicted molar refractivity (Wildman–Crippen MR) is 75.7 cm³/mol. The SMILES string of the molecule is NCCCCC(NC(=O)C(N)CC(=O)O)C(=O)NCC(=O)O. The number of carbonyl (C=O) groups excluding carboxylic acids is 2. The highest BCUT2D eigenvalue weighted by atomic mass is 16.4. The van der Waals surface area contributed by atoms with Gasteiger partial charge in [0.05, 0.1) is 12.5 Å². The number of hydrogen-bond acceptors (Lipinski definition) is 6. The van der Waals surface area contributed by atoms with E-state index >= 15 is 0 Å². The molecule has 2 unspecified atom stereocenters. The summed E-state index contributed by atoms with van der Waals surface area (Å²) in [5.41, 5.74) is 10.7. The van der Waals surface area contributed by atoms with Gasteiger partial charge in [-0.1, -0.05) is 0 Å². The fraction of sp³-hybridized carbons (Fsp3) is 0.667. The van der Waals surface area contributed by atoms with Gasteiger partial charge in [0.15, 0.2) is 0 Å². The topological polar surface area (TPSA) is 185 Å². The van der Waals surface area contributed by atoms with Crippen LogP contribution in [0.3, 0.4) is 0 Å². The van der Waals surface area contributed by atoms with E-state index in [2.05, 4.69) is 10.6 Å². The molecule has 0 aliphatic heterocycles. The van der Waals surface area contributed by atoms with E-state index in [1.807, 2.05) is 0 Å². The Hall–Kier alpha value is -2.20. The van der Waals surface area contributed by atoms with Crippen LogP contribution in [0.1, 0.15) is 25.7 Å². The second-order valence-corrected chi connectivity index (χ2v) is 4.66. The number of nitrogens with one attached hydrogen (secondary N) is 2. The number of carboxylic acids is 2. The number of carboxylic acid groups (broad SMARTS) is 2. The van der Waals surface area contributed by atoms with Crippen molar-refractivity contribution < 1.29 is 29.4 Å². The van der Waals surface area contributed by atoms with Crippen LogP contribution in [0.5, 0.6) is 0 Å². The van der Waals surface area contributed by atoms with E-state index in [4.69, 9.17) is 21.7 Å². The number of hydrogen-bond donors (Lipinski definition) is 6. The third-order valence-corrected chi connectivity index (χ3v) is 2.73. The number of nitrogens with two attached hydrogens (primary N) is 2. The average molecular weight is 318 g/mol. The van der Waals surface area contributed by atoms with Crippen molar-refractivity contribution in [1.82, 2.24) is 10.6 Å². The van der Waals surface area contributed by atoms with E-state index in [1.165, 1.54) is 0 Å². The molecule has 0 aromatic rings. The van der Waals surface area contributed by atoms with Crippen molar-refractivity contribution in [3.63, 3.8) is 0 Å². The third-order valence-electron chi connectivity index (χ3n) is 2.73. The van der Waals surface area contributed by atoms with Gasteiger partial charge in [-0.25, -0.2) is 0 Å². The Morgan fingerprint density at radius 2 is 1.64 bits per heavy atom. The summed E-state index contributed by atoms with van der Waals surface area (Å²) < 4.78 is 0. The van der Waals surface area contributed by atoms with Gasteiger partial charge in [0.25, 0.3) is 0 Å². The zero-order valence-electron chi connectivity index (χ0n) is 12.1. The Morgan fingerprint density at radius 1 is 1.00 bits per heavy atom. The van der Waals surface area contributed by atoms with Crippen molar-refractivity contribution in [3.8, 4) is 0 Å². The molecule has 0 radical (unpaired) electrons. The van der Waals surface area contributed by atoms with Crippen LogP contribution < -0.4 is 22.1 Å². The molecule has 0 heterocycles. The molecule has 0 fully saturated rings. The number of carbonyl (C=O) groups is 4. The fourth-order valence-electron chi connectivity index (χ4n) is 1.61. The van der Waals surface area contributed by atoms with Crippen LogP contribution in [0.15, 0.2) is 0 Å². The third kappa shape index (κ3) is 8.87. The molecule has 22 heavy (non-hydrogen) atoms. The van der Waals surface area contributed by atoms with Crippen LogP contribution in [0, 0.1) is 0 Å². The molecule has 0 aromatic carbocycles. The van der Waals surface area contributed by atoms with Gasteiger partial charge in [-0.15, -0.1) is 0 Å². The largest absolute Gasteiger partial charge is 0.481 e. The molecule has 0 saturated carbocycles. The molecule has 10 nitrogen and oxygen atoms in total. The Labute approximate surface area is 127 Å². The molecule has 0 aliphatic carbocycles. The van der Waals surface area contributed by atoms with Crippen LogP contribution in [0.4, 0.5) is 0 Å². The fourth-order valence-corrected chi connectivity index (χ4v) is 1.61. The molecule has 0 aliphatic rings. The van der Waals surface area contributed by atoms with Gasteiger partial charge in [-0.05, 0) is 25.8 Å². The first-order valence-electron chi connectivity index (χ1n) is 6.75. The lowest BCUT2D eigenvalue weighted by Crippen LogP contribution is -2.52. The van der Waals surface area contributed by atoms with Crippen molar-refractivity contribution in [2.24, 2.45) is 11.5 Å². The van der Waals surface area contributed by atoms with Gasteiger partial charge in [-0.2, -0.15) is 0 Å². The van der Waals surface area contributed by atoms with Gasteiger partial charge in [0.1, 0.15) is 12.6 Å². The summed E-state index contributed by atoms with van der Waals surface area (Å²) >= 11 is 0. The lowest BCUT2D eigenvalue weighted by molar-refractivity contribution is -0.140. The molecule has 2 amide bonds. The Morgan fingerprint density at radius 3 is 2.14 bits per heavy atom. The second kappa shape index (κ2) is 10.5. The first kappa shape index (κ1) is 19.8. The van der Waals surface area contributed by atoms with E-state index in [9.17, 15) is 19.2 Å². The molecule has 126 valence electrons. The molecule has 2 atom stereocenters. The van der Waals surface area contributed by atoms with E-state index in [0.29, 0.717) is 19.4 Å². The summed E-state index contributed by atoms with van der Waals surface area (Å²) in [5.74, 6) is -3.92. The van der Waals surface area contributed by atoms with Crippen LogP contribution >= 0.6 is 0 Å². The average Bonchev–Trinajstić information content (AvgIpc) is 2.42. The van der Waals surface area contributed by atoms with Crippen LogP contribution in [0.25, 0.3) is 0 Å². The maximum Gasteiger partial charge on any atom is 0.322 e. The number of aliphatic carboxylic acids is 2. The van der Waals surface area contributed by atoms with E-state index in [0.717, 1.165) is 0 Å². The lowest BCUT2D eigenvalue weighted by Gasteiger charge is -2.19. The monoisotopic (exact) mass is 318 g/mol. The Bertz CT molecular complexity index is 414. The van der Waals surface area contributed by atoms with Gasteiger partial charge < -0.3 is 32.3 Å². The zero-order chi connectivity index (χ0) is 17.1. The number of rotatable bonds is 11. The number of amides is 2. The lowest BCUT2D eigenvalue weighted by atomic mass is 10.1. The number of unbranched alkanes of at least 4 members (excludes halogenated alkanes) is 1. The van der Waals surface area contributed by atoms with Crippen molar-refractivity contribution in [3.05, 3.63) is 0 Å². The first-order valence-corrected chi connectivity index (χ1v) is 6.75. The normalized spacial score (nSPS) is 13.0. The highest BCUT2D eigenvalue weighted by molar-refractivity contribution is 5.92. The molecular weight excluding hydrogens is 296 g/mol. The maximum absolute atomic E-state index is 11.8. The molecule has 0 saturated heterocycles. The summed E-state index contributed by atoms with van der Waals surface area (Å²) in [4.78, 5) is 44.5. The molecule has 0 aromatic heterocycles. The summed E-state index contributed by atoms with van der Waals surface area (Å²) in [6.07, 6.45) is 0.835. The van der Waals surface area contributed by atoms with Crippen LogP contribution in [-0.2, 0) is 19.2 Å². The molecule has 8 N–H and O–H groups in total. The molecule has 0 bridgehead atoms. The van der Waals surface area contributed by atoms with Crippen LogP contribution in [0.2, 0.25) is 0 Å². The molecular formula is C12H22N4O6. The summed E-state index contributed by atoms with van der Waals surface area (Å²) in [6.45, 7) is -0.167. The minimum absolute atomic E-state index is 0.244. The quantitative estimate of drug-likeness (QED) is 0.228. The van der Waals surface area contributed by atoms with Crippen molar-refractivity contribution >= 4 is 23.8 Å². The van der Waals surface area contributed by atoms with Crippen LogP contribution in [-0.4, -0.2) is 59.1 Å². The van der Waals surface area contributed by atoms with Gasteiger partial charge in [-0.3, -0.25) is 19.2 Å². The second-order valence-electron chi connectivity index (χ2n) is 4.66. The minimum atomic E-state index is -1.29. The standard InChI is InChI=1S/C12H22N4O6/c13-4-2-1-3-8(12(22)15-6-10(19)20)16-11(21)7(14)5-9(17)18/h7-8H,1-6,13-14H2,(H,15,22)(H,16,21)(H,17,18)(H,19,20). The summed E-state index contributed by atoms with van der Waals surface area (Å²) in [6, 6.07) is -2.28. The van der Waals surface area contributed by atoms with E-state index < -0.39 is 48.8 Å². The highest BCUT2D eigenvalue weighted by Gasteiger charge is 2.24. The Kier molecular flexibility index (Phi) is 9.46. The van der Waals surface area contributed by atoms with Gasteiger partial charge >= 0.3 is 11.9 Å². The van der Waals surface area contributed by atoms with E-state index in [-0.39, 0.29) is 6.42 Å². The van der Waals surface area contributed by atoms with Crippen molar-refractivity contribution in [2.75, 3.05) is 13.1 Å². The highest BCUT2D eigenvalue weighted by Crippen LogP contribution is 2.02. The zero-order valence-corrected chi connectivity index (χ0v) is 12.1. The van der Waals surface area contributed by atoms with Gasteiger partial charge in [0, 0.05) is 0 Å². The maximum atomic E-state index is 11.8. The molecule has 10 heteroatoms. The smallest absolute Gasteiger partial charge is 0.322 e. The summed E-state index contributed by atoms with van der Waals surface area (Å²) in [7, 11) is 0. The molecule has 0 rings (SSSR count). The first-order chi connectivity index (χ1) is 10.3. The summed E-state index contributed by atoms with van der Waals surface area (Å²) in [5, 5.41) is 21.6. The van der Waals surface area contributed by atoms with Gasteiger partial charge in [0.2, 0.25) is 11.8 Å². The Balaban J connectivity index is 4.62.